The van der Waals surface area contributed by atoms with Gasteiger partial charge in [0, 0.05) is 5.56 Å². The lowest BCUT2D eigenvalue weighted by atomic mass is 10.1. The molecule has 2 aromatic carbocycles. The van der Waals surface area contributed by atoms with Gasteiger partial charge in [0.15, 0.2) is 0 Å². The van der Waals surface area contributed by atoms with Crippen molar-refractivity contribution in [1.29, 1.82) is 0 Å². The number of amides is 1. The molecule has 27 heavy (non-hydrogen) atoms. The summed E-state index contributed by atoms with van der Waals surface area (Å²) in [4.78, 5) is 13.6. The van der Waals surface area contributed by atoms with Gasteiger partial charge in [0.05, 0.1) is 0 Å². The Bertz CT molecular complexity index is 1090. The van der Waals surface area contributed by atoms with E-state index in [9.17, 15) is 22.0 Å². The molecule has 1 heterocycles. The molecule has 0 spiro atoms. The van der Waals surface area contributed by atoms with Gasteiger partial charge in [0.1, 0.15) is 21.4 Å². The minimum atomic E-state index is -4.48. The first-order valence-electron chi connectivity index (χ1n) is 7.69. The Morgan fingerprint density at radius 2 is 1.74 bits per heavy atom. The van der Waals surface area contributed by atoms with Crippen LogP contribution in [0.2, 0.25) is 0 Å². The third-order valence-electron chi connectivity index (χ3n) is 3.72. The van der Waals surface area contributed by atoms with E-state index in [4.69, 9.17) is 0 Å². The average Bonchev–Trinajstić information content (AvgIpc) is 3.12. The van der Waals surface area contributed by atoms with Gasteiger partial charge in [-0.05, 0) is 42.1 Å². The Balaban J connectivity index is 1.80. The zero-order chi connectivity index (χ0) is 19.6. The van der Waals surface area contributed by atoms with E-state index in [1.807, 2.05) is 36.6 Å². The van der Waals surface area contributed by atoms with E-state index in [1.54, 1.807) is 16.3 Å². The number of halogens is 2. The maximum atomic E-state index is 13.7. The van der Waals surface area contributed by atoms with Crippen LogP contribution in [0.1, 0.15) is 15.2 Å². The maximum Gasteiger partial charge on any atom is 0.276 e. The Hall–Kier alpha value is -2.62. The molecule has 0 saturated carbocycles. The Labute approximate surface area is 158 Å². The molecule has 0 aliphatic rings. The quantitative estimate of drug-likeness (QED) is 0.633. The summed E-state index contributed by atoms with van der Waals surface area (Å²) in [5, 5.41) is 1.70. The van der Waals surface area contributed by atoms with Gasteiger partial charge in [-0.25, -0.2) is 17.2 Å². The fourth-order valence-electron chi connectivity index (χ4n) is 2.35. The Kier molecular flexibility index (Phi) is 5.36. The first kappa shape index (κ1) is 19.2. The minimum absolute atomic E-state index is 0.279. The van der Waals surface area contributed by atoms with Crippen molar-refractivity contribution >= 4 is 27.3 Å². The molecule has 1 amide bonds. The van der Waals surface area contributed by atoms with E-state index in [0.717, 1.165) is 28.5 Å². The number of aryl methyl sites for hydroxylation is 1. The lowest BCUT2D eigenvalue weighted by Gasteiger charge is -2.10. The summed E-state index contributed by atoms with van der Waals surface area (Å²) < 4.78 is 51.2. The molecule has 0 aliphatic carbocycles. The van der Waals surface area contributed by atoms with E-state index in [0.29, 0.717) is 17.7 Å². The number of thiophene rings is 1. The molecular weight excluding hydrogens is 394 g/mol. The van der Waals surface area contributed by atoms with Crippen LogP contribution in [-0.2, 0) is 10.0 Å². The highest BCUT2D eigenvalue weighted by Gasteiger charge is 2.22. The highest BCUT2D eigenvalue weighted by molar-refractivity contribution is 7.89. The molecule has 2 N–H and O–H groups in total. The summed E-state index contributed by atoms with van der Waals surface area (Å²) in [6.45, 7) is 1.94. The second-order valence-electron chi connectivity index (χ2n) is 5.66. The van der Waals surface area contributed by atoms with Crippen LogP contribution in [0, 0.1) is 18.6 Å². The van der Waals surface area contributed by atoms with Crippen LogP contribution in [0.5, 0.6) is 0 Å². The molecule has 140 valence electrons. The van der Waals surface area contributed by atoms with Gasteiger partial charge in [-0.15, -0.1) is 16.2 Å². The second-order valence-corrected chi connectivity index (χ2v) is 8.23. The van der Waals surface area contributed by atoms with Gasteiger partial charge < -0.3 is 0 Å². The van der Waals surface area contributed by atoms with Crippen molar-refractivity contribution in [3.8, 4) is 11.1 Å². The lowest BCUT2D eigenvalue weighted by Crippen LogP contribution is -2.41. The molecule has 0 unspecified atom stereocenters. The summed E-state index contributed by atoms with van der Waals surface area (Å²) in [5.74, 6) is -2.75. The number of rotatable bonds is 5. The maximum absolute atomic E-state index is 13.7. The van der Waals surface area contributed by atoms with Crippen molar-refractivity contribution in [2.75, 3.05) is 0 Å². The van der Waals surface area contributed by atoms with Crippen LogP contribution in [0.4, 0.5) is 8.78 Å². The SMILES string of the molecule is Cc1ccc(-c2ccsc2C(=O)NNS(=O)(=O)c2cc(F)ccc2F)cc1. The van der Waals surface area contributed by atoms with Crippen LogP contribution < -0.4 is 10.3 Å². The first-order chi connectivity index (χ1) is 12.8. The van der Waals surface area contributed by atoms with Gasteiger partial charge in [-0.3, -0.25) is 10.2 Å². The summed E-state index contributed by atoms with van der Waals surface area (Å²) >= 11 is 1.13. The summed E-state index contributed by atoms with van der Waals surface area (Å²) in [6.07, 6.45) is 0. The van der Waals surface area contributed by atoms with Crippen molar-refractivity contribution in [3.63, 3.8) is 0 Å². The fraction of sp³-hybridized carbons (Fsp3) is 0.0556. The standard InChI is InChI=1S/C18H14F2N2O3S2/c1-11-2-4-12(5-3-11)14-8-9-26-17(14)18(23)21-22-27(24,25)16-10-13(19)6-7-15(16)20/h2-10,22H,1H3,(H,21,23). The van der Waals surface area contributed by atoms with Crippen molar-refractivity contribution < 1.29 is 22.0 Å². The van der Waals surface area contributed by atoms with E-state index < -0.39 is 32.5 Å². The number of carbonyl (C=O) groups is 1. The number of benzene rings is 2. The van der Waals surface area contributed by atoms with Crippen LogP contribution in [0.25, 0.3) is 11.1 Å². The van der Waals surface area contributed by atoms with Crippen molar-refractivity contribution in [1.82, 2.24) is 10.3 Å². The van der Waals surface area contributed by atoms with Gasteiger partial charge in [-0.1, -0.05) is 29.8 Å². The summed E-state index contributed by atoms with van der Waals surface area (Å²) in [7, 11) is -4.48. The summed E-state index contributed by atoms with van der Waals surface area (Å²) in [6, 6.07) is 11.2. The zero-order valence-corrected chi connectivity index (χ0v) is 15.6. The highest BCUT2D eigenvalue weighted by atomic mass is 32.2. The van der Waals surface area contributed by atoms with E-state index in [2.05, 4.69) is 0 Å². The van der Waals surface area contributed by atoms with Gasteiger partial charge in [-0.2, -0.15) is 0 Å². The second kappa shape index (κ2) is 7.55. The summed E-state index contributed by atoms with van der Waals surface area (Å²) in [5.41, 5.74) is 4.53. The predicted molar refractivity (Wildman–Crippen MR) is 98.6 cm³/mol. The molecule has 0 saturated heterocycles. The zero-order valence-electron chi connectivity index (χ0n) is 14.0. The average molecular weight is 408 g/mol. The first-order valence-corrected chi connectivity index (χ1v) is 10.1. The number of nitrogens with one attached hydrogen (secondary N) is 2. The van der Waals surface area contributed by atoms with Crippen LogP contribution in [0.15, 0.2) is 58.8 Å². The molecule has 5 nitrogen and oxygen atoms in total. The smallest absolute Gasteiger partial charge is 0.273 e. The van der Waals surface area contributed by atoms with Crippen LogP contribution in [-0.4, -0.2) is 14.3 Å². The lowest BCUT2D eigenvalue weighted by molar-refractivity contribution is 0.0949. The topological polar surface area (TPSA) is 75.3 Å². The fourth-order valence-corrected chi connectivity index (χ4v) is 4.09. The van der Waals surface area contributed by atoms with E-state index >= 15 is 0 Å². The number of hydrazine groups is 1. The Morgan fingerprint density at radius 1 is 1.04 bits per heavy atom. The number of carbonyl (C=O) groups excluding carboxylic acids is 1. The molecule has 3 aromatic rings. The largest absolute Gasteiger partial charge is 0.276 e. The molecular formula is C18H14F2N2O3S2. The highest BCUT2D eigenvalue weighted by Crippen LogP contribution is 2.28. The molecule has 1 aromatic heterocycles. The van der Waals surface area contributed by atoms with Crippen molar-refractivity contribution in [2.45, 2.75) is 11.8 Å². The molecule has 3 rings (SSSR count). The Morgan fingerprint density at radius 3 is 2.44 bits per heavy atom. The van der Waals surface area contributed by atoms with Crippen molar-refractivity contribution in [3.05, 3.63) is 76.0 Å². The molecule has 0 atom stereocenters. The normalized spacial score (nSPS) is 11.4. The molecule has 0 aliphatic heterocycles. The molecule has 0 radical (unpaired) electrons. The predicted octanol–water partition coefficient (Wildman–Crippen LogP) is 3.63. The third-order valence-corrected chi connectivity index (χ3v) is 5.89. The van der Waals surface area contributed by atoms with Crippen molar-refractivity contribution in [2.24, 2.45) is 0 Å². The van der Waals surface area contributed by atoms with Crippen LogP contribution in [0.3, 0.4) is 0 Å². The molecule has 0 fully saturated rings. The number of hydrogen-bond acceptors (Lipinski definition) is 4. The van der Waals surface area contributed by atoms with E-state index in [-0.39, 0.29) is 4.88 Å². The minimum Gasteiger partial charge on any atom is -0.273 e. The molecule has 9 heteroatoms. The number of hydrogen-bond donors (Lipinski definition) is 2. The van der Waals surface area contributed by atoms with Gasteiger partial charge in [0.2, 0.25) is 0 Å². The van der Waals surface area contributed by atoms with Gasteiger partial charge in [0.25, 0.3) is 15.9 Å². The third kappa shape index (κ3) is 4.21. The number of sulfonamides is 1. The van der Waals surface area contributed by atoms with E-state index in [1.165, 1.54) is 0 Å². The monoisotopic (exact) mass is 408 g/mol. The molecule has 0 bridgehead atoms. The van der Waals surface area contributed by atoms with Crippen LogP contribution >= 0.6 is 11.3 Å². The van der Waals surface area contributed by atoms with Gasteiger partial charge >= 0.3 is 0 Å².